The van der Waals surface area contributed by atoms with Gasteiger partial charge in [0, 0.05) is 5.92 Å². The molecule has 0 aliphatic heterocycles. The average Bonchev–Trinajstić information content (AvgIpc) is 2.62. The molecule has 0 heteroatoms. The zero-order valence-corrected chi connectivity index (χ0v) is 12.4. The molecule has 0 nitrogen and oxygen atoms in total. The van der Waals surface area contributed by atoms with E-state index < -0.39 is 0 Å². The summed E-state index contributed by atoms with van der Waals surface area (Å²) in [5.41, 5.74) is 6.77. The van der Waals surface area contributed by atoms with Crippen LogP contribution in [0.4, 0.5) is 0 Å². The maximum Gasteiger partial charge on any atom is 0.00619 e. The van der Waals surface area contributed by atoms with Crippen LogP contribution in [-0.2, 0) is 6.42 Å². The number of fused-ring (bicyclic) bond motifs is 1. The van der Waals surface area contributed by atoms with Gasteiger partial charge in [-0.15, -0.1) is 0 Å². The molecule has 1 aliphatic carbocycles. The van der Waals surface area contributed by atoms with Crippen molar-refractivity contribution >= 4 is 6.08 Å². The van der Waals surface area contributed by atoms with Crippen LogP contribution in [0.1, 0.15) is 22.6 Å². The molecule has 3 aromatic carbocycles. The fourth-order valence-electron chi connectivity index (χ4n) is 3.20. The summed E-state index contributed by atoms with van der Waals surface area (Å²) >= 11 is 0. The molecule has 0 saturated heterocycles. The molecule has 0 fully saturated rings. The van der Waals surface area contributed by atoms with E-state index >= 15 is 0 Å². The number of hydrogen-bond donors (Lipinski definition) is 0. The summed E-state index contributed by atoms with van der Waals surface area (Å²) in [5, 5.41) is 0. The Balaban J connectivity index is 1.66. The van der Waals surface area contributed by atoms with Gasteiger partial charge in [-0.05, 0) is 40.3 Å². The normalized spacial score (nSPS) is 16.3. The van der Waals surface area contributed by atoms with Crippen molar-refractivity contribution in [2.75, 3.05) is 0 Å². The molecule has 0 amide bonds. The molecular weight excluding hydrogens is 264 g/mol. The number of hydrogen-bond acceptors (Lipinski definition) is 0. The summed E-state index contributed by atoms with van der Waals surface area (Å²) in [4.78, 5) is 0. The first kappa shape index (κ1) is 13.1. The zero-order valence-electron chi connectivity index (χ0n) is 12.4. The first-order chi connectivity index (χ1) is 10.9. The highest BCUT2D eigenvalue weighted by atomic mass is 14.2. The van der Waals surface area contributed by atoms with Crippen LogP contribution in [-0.4, -0.2) is 0 Å². The Bertz CT molecular complexity index is 798. The van der Waals surface area contributed by atoms with E-state index in [9.17, 15) is 0 Å². The molecule has 0 bridgehead atoms. The van der Waals surface area contributed by atoms with Gasteiger partial charge < -0.3 is 0 Å². The summed E-state index contributed by atoms with van der Waals surface area (Å²) in [6, 6.07) is 28.2. The molecule has 0 aromatic heterocycles. The molecule has 3 aromatic rings. The Kier molecular flexibility index (Phi) is 3.36. The van der Waals surface area contributed by atoms with Crippen molar-refractivity contribution in [3.63, 3.8) is 0 Å². The van der Waals surface area contributed by atoms with E-state index in [1.54, 1.807) is 0 Å². The van der Waals surface area contributed by atoms with Crippen LogP contribution < -0.4 is 0 Å². The highest BCUT2D eigenvalue weighted by Gasteiger charge is 2.15. The van der Waals surface area contributed by atoms with Crippen LogP contribution in [0, 0.1) is 0 Å². The van der Waals surface area contributed by atoms with Gasteiger partial charge in [-0.2, -0.15) is 0 Å². The summed E-state index contributed by atoms with van der Waals surface area (Å²) in [7, 11) is 0. The van der Waals surface area contributed by atoms with Gasteiger partial charge in [0.1, 0.15) is 0 Å². The maximum absolute atomic E-state index is 2.34. The summed E-state index contributed by atoms with van der Waals surface area (Å²) in [6.45, 7) is 0. The summed E-state index contributed by atoms with van der Waals surface area (Å²) in [5.74, 6) is 0.497. The lowest BCUT2D eigenvalue weighted by atomic mass is 9.84. The van der Waals surface area contributed by atoms with Crippen LogP contribution in [0.3, 0.4) is 0 Å². The molecule has 0 radical (unpaired) electrons. The van der Waals surface area contributed by atoms with E-state index in [2.05, 4.69) is 91.0 Å². The smallest absolute Gasteiger partial charge is 0.00619 e. The lowest BCUT2D eigenvalue weighted by Crippen LogP contribution is -2.05. The fourth-order valence-corrected chi connectivity index (χ4v) is 3.20. The van der Waals surface area contributed by atoms with Crippen LogP contribution >= 0.6 is 0 Å². The van der Waals surface area contributed by atoms with Gasteiger partial charge in [0.15, 0.2) is 0 Å². The van der Waals surface area contributed by atoms with E-state index in [1.807, 2.05) is 0 Å². The second-order valence-electron chi connectivity index (χ2n) is 5.86. The van der Waals surface area contributed by atoms with Gasteiger partial charge in [-0.1, -0.05) is 84.9 Å². The van der Waals surface area contributed by atoms with Gasteiger partial charge in [-0.3, -0.25) is 0 Å². The SMILES string of the molecule is C1=C[C@@H](c2ccccc2)Cc2ccc(-c3ccccc3)cc21. The molecule has 0 unspecified atom stereocenters. The maximum atomic E-state index is 2.34. The van der Waals surface area contributed by atoms with E-state index in [4.69, 9.17) is 0 Å². The second kappa shape index (κ2) is 5.65. The standard InChI is InChI=1S/C22H18/c1-3-7-17(8-4-1)19-11-13-22-16-20(12-14-21(22)15-19)18-9-5-2-6-10-18/h1-15,20H,16H2/t20-/m1/s1. The Morgan fingerprint density at radius 2 is 1.41 bits per heavy atom. The average molecular weight is 282 g/mol. The van der Waals surface area contributed by atoms with Crippen molar-refractivity contribution in [1.29, 1.82) is 0 Å². The fraction of sp³-hybridized carbons (Fsp3) is 0.0909. The predicted octanol–water partition coefficient (Wildman–Crippen LogP) is 5.71. The number of benzene rings is 3. The largest absolute Gasteiger partial charge is 0.0761 e. The summed E-state index contributed by atoms with van der Waals surface area (Å²) < 4.78 is 0. The molecule has 0 heterocycles. The van der Waals surface area contributed by atoms with Crippen molar-refractivity contribution in [3.05, 3.63) is 102 Å². The molecule has 22 heavy (non-hydrogen) atoms. The molecule has 0 N–H and O–H groups in total. The molecule has 0 spiro atoms. The Morgan fingerprint density at radius 1 is 0.682 bits per heavy atom. The molecular formula is C22H18. The van der Waals surface area contributed by atoms with E-state index in [0.717, 1.165) is 6.42 Å². The Labute approximate surface area is 131 Å². The Hall–Kier alpha value is -2.60. The topological polar surface area (TPSA) is 0 Å². The number of rotatable bonds is 2. The van der Waals surface area contributed by atoms with E-state index in [0.29, 0.717) is 5.92 Å². The third-order valence-corrected chi connectivity index (χ3v) is 4.43. The quantitative estimate of drug-likeness (QED) is 0.565. The minimum absolute atomic E-state index is 0.497. The van der Waals surface area contributed by atoms with Crippen LogP contribution in [0.15, 0.2) is 84.9 Å². The highest BCUT2D eigenvalue weighted by Crippen LogP contribution is 2.32. The van der Waals surface area contributed by atoms with Gasteiger partial charge in [0.2, 0.25) is 0 Å². The van der Waals surface area contributed by atoms with Crippen molar-refractivity contribution in [1.82, 2.24) is 0 Å². The highest BCUT2D eigenvalue weighted by molar-refractivity contribution is 5.70. The molecule has 0 saturated carbocycles. The van der Waals surface area contributed by atoms with E-state index in [1.165, 1.54) is 27.8 Å². The summed E-state index contributed by atoms with van der Waals surface area (Å²) in [6.07, 6.45) is 5.71. The lowest BCUT2D eigenvalue weighted by Gasteiger charge is -2.20. The van der Waals surface area contributed by atoms with Crippen LogP contribution in [0.5, 0.6) is 0 Å². The third-order valence-electron chi connectivity index (χ3n) is 4.43. The van der Waals surface area contributed by atoms with Crippen molar-refractivity contribution < 1.29 is 0 Å². The van der Waals surface area contributed by atoms with Crippen molar-refractivity contribution in [3.8, 4) is 11.1 Å². The molecule has 1 aliphatic rings. The molecule has 106 valence electrons. The van der Waals surface area contributed by atoms with Gasteiger partial charge in [0.05, 0.1) is 0 Å². The third kappa shape index (κ3) is 2.48. The first-order valence-electron chi connectivity index (χ1n) is 7.82. The number of allylic oxidation sites excluding steroid dienone is 1. The first-order valence-corrected chi connectivity index (χ1v) is 7.82. The van der Waals surface area contributed by atoms with Crippen LogP contribution in [0.2, 0.25) is 0 Å². The zero-order chi connectivity index (χ0) is 14.8. The molecule has 4 rings (SSSR count). The Morgan fingerprint density at radius 3 is 2.18 bits per heavy atom. The monoisotopic (exact) mass is 282 g/mol. The predicted molar refractivity (Wildman–Crippen MR) is 93.8 cm³/mol. The molecule has 1 atom stereocenters. The lowest BCUT2D eigenvalue weighted by molar-refractivity contribution is 0.827. The van der Waals surface area contributed by atoms with Crippen molar-refractivity contribution in [2.24, 2.45) is 0 Å². The second-order valence-corrected chi connectivity index (χ2v) is 5.86. The minimum Gasteiger partial charge on any atom is -0.0761 e. The van der Waals surface area contributed by atoms with Gasteiger partial charge in [0.25, 0.3) is 0 Å². The van der Waals surface area contributed by atoms with Gasteiger partial charge >= 0.3 is 0 Å². The van der Waals surface area contributed by atoms with Gasteiger partial charge in [-0.25, -0.2) is 0 Å². The van der Waals surface area contributed by atoms with Crippen molar-refractivity contribution in [2.45, 2.75) is 12.3 Å². The van der Waals surface area contributed by atoms with Crippen LogP contribution in [0.25, 0.3) is 17.2 Å². The van der Waals surface area contributed by atoms with E-state index in [-0.39, 0.29) is 0 Å². The minimum atomic E-state index is 0.497.